The molecule has 1 amide bonds. The van der Waals surface area contributed by atoms with Crippen molar-refractivity contribution in [3.05, 3.63) is 41.6 Å². The van der Waals surface area contributed by atoms with Gasteiger partial charge in [0.15, 0.2) is 0 Å². The summed E-state index contributed by atoms with van der Waals surface area (Å²) in [5.41, 5.74) is 1.41. The molecule has 1 aromatic carbocycles. The third-order valence-electron chi connectivity index (χ3n) is 2.78. The van der Waals surface area contributed by atoms with Gasteiger partial charge in [0.05, 0.1) is 0 Å². The Morgan fingerprint density at radius 2 is 2.06 bits per heavy atom. The number of carbonyl (C=O) groups excluding carboxylic acids is 1. The summed E-state index contributed by atoms with van der Waals surface area (Å²) in [6, 6.07) is 9.64. The van der Waals surface area contributed by atoms with Crippen LogP contribution >= 0.6 is 0 Å². The smallest absolute Gasteiger partial charge is 0.277 e. The van der Waals surface area contributed by atoms with Crippen molar-refractivity contribution < 1.29 is 9.90 Å². The number of aliphatic hydroxyl groups excluding tert-OH is 1. The van der Waals surface area contributed by atoms with Gasteiger partial charge >= 0.3 is 0 Å². The fraction of sp³-hybridized carbons (Fsp3) is 0.286. The first kappa shape index (κ1) is 12.5. The Kier molecular flexibility index (Phi) is 3.89. The van der Waals surface area contributed by atoms with Crippen LogP contribution in [0.1, 0.15) is 18.9 Å². The second kappa shape index (κ2) is 5.60. The van der Waals surface area contributed by atoms with Crippen LogP contribution in [0, 0.1) is 0 Å². The second-order valence-corrected chi connectivity index (χ2v) is 4.13. The summed E-state index contributed by atoms with van der Waals surface area (Å²) in [6.07, 6.45) is 2.35. The van der Waals surface area contributed by atoms with Gasteiger partial charge in [-0.15, -0.1) is 0 Å². The van der Waals surface area contributed by atoms with E-state index < -0.39 is 0 Å². The number of rotatable bonds is 4. The zero-order chi connectivity index (χ0) is 13.0. The van der Waals surface area contributed by atoms with Crippen LogP contribution in [0.2, 0.25) is 0 Å². The number of amidine groups is 1. The Morgan fingerprint density at radius 3 is 2.72 bits per heavy atom. The molecule has 4 nitrogen and oxygen atoms in total. The maximum absolute atomic E-state index is 12.1. The Morgan fingerprint density at radius 1 is 1.33 bits per heavy atom. The minimum absolute atomic E-state index is 0.0782. The predicted molar refractivity (Wildman–Crippen MR) is 70.9 cm³/mol. The van der Waals surface area contributed by atoms with Crippen molar-refractivity contribution in [1.29, 1.82) is 0 Å². The molecule has 0 bridgehead atoms. The van der Waals surface area contributed by atoms with Crippen molar-refractivity contribution in [2.75, 3.05) is 13.2 Å². The van der Waals surface area contributed by atoms with E-state index >= 15 is 0 Å². The van der Waals surface area contributed by atoms with Gasteiger partial charge in [0.25, 0.3) is 5.91 Å². The van der Waals surface area contributed by atoms with Gasteiger partial charge in [-0.25, -0.2) is 4.99 Å². The van der Waals surface area contributed by atoms with E-state index in [1.165, 1.54) is 0 Å². The van der Waals surface area contributed by atoms with E-state index in [0.717, 1.165) is 5.56 Å². The molecule has 1 N–H and O–H groups in total. The molecule has 18 heavy (non-hydrogen) atoms. The van der Waals surface area contributed by atoms with E-state index in [1.54, 1.807) is 17.9 Å². The van der Waals surface area contributed by atoms with E-state index in [9.17, 15) is 4.79 Å². The zero-order valence-corrected chi connectivity index (χ0v) is 10.3. The summed E-state index contributed by atoms with van der Waals surface area (Å²) < 4.78 is 0. The highest BCUT2D eigenvalue weighted by molar-refractivity contribution is 6.13. The minimum Gasteiger partial charge on any atom is -0.396 e. The number of aliphatic hydroxyl groups is 1. The number of nitrogens with zero attached hydrogens (tertiary/aromatic N) is 2. The molecule has 0 unspecified atom stereocenters. The predicted octanol–water partition coefficient (Wildman–Crippen LogP) is 1.67. The van der Waals surface area contributed by atoms with E-state index in [-0.39, 0.29) is 12.5 Å². The SMILES string of the molecule is CC1=N/C(=C/c2ccccc2)C(=O)N1CCCO. The third kappa shape index (κ3) is 2.65. The van der Waals surface area contributed by atoms with Crippen LogP contribution in [-0.4, -0.2) is 34.9 Å². The summed E-state index contributed by atoms with van der Waals surface area (Å²) in [4.78, 5) is 18.0. The summed E-state index contributed by atoms with van der Waals surface area (Å²) in [5.74, 6) is 0.598. The van der Waals surface area contributed by atoms with Crippen molar-refractivity contribution in [2.24, 2.45) is 4.99 Å². The summed E-state index contributed by atoms with van der Waals surface area (Å²) in [6.45, 7) is 2.40. The molecule has 1 aliphatic rings. The maximum atomic E-state index is 12.1. The topological polar surface area (TPSA) is 52.9 Å². The molecule has 0 aromatic heterocycles. The highest BCUT2D eigenvalue weighted by Crippen LogP contribution is 2.18. The average Bonchev–Trinajstić information content (AvgIpc) is 2.64. The lowest BCUT2D eigenvalue weighted by Gasteiger charge is -2.14. The number of aliphatic imine (C=N–C) groups is 1. The van der Waals surface area contributed by atoms with E-state index in [0.29, 0.717) is 24.5 Å². The van der Waals surface area contributed by atoms with Crippen LogP contribution < -0.4 is 0 Å². The standard InChI is InChI=1S/C14H16N2O2/c1-11-15-13(10-12-6-3-2-4-7-12)14(18)16(11)8-5-9-17/h2-4,6-7,10,17H,5,8-9H2,1H3/b13-10+. The van der Waals surface area contributed by atoms with Crippen LogP contribution in [0.15, 0.2) is 41.0 Å². The van der Waals surface area contributed by atoms with Crippen LogP contribution in [0.5, 0.6) is 0 Å². The van der Waals surface area contributed by atoms with Crippen LogP contribution in [-0.2, 0) is 4.79 Å². The van der Waals surface area contributed by atoms with Crippen molar-refractivity contribution in [1.82, 2.24) is 4.90 Å². The summed E-state index contributed by atoms with van der Waals surface area (Å²) >= 11 is 0. The van der Waals surface area contributed by atoms with Crippen molar-refractivity contribution in [2.45, 2.75) is 13.3 Å². The molecule has 4 heteroatoms. The molecule has 0 spiro atoms. The lowest BCUT2D eigenvalue weighted by Crippen LogP contribution is -2.31. The Balaban J connectivity index is 2.18. The van der Waals surface area contributed by atoms with Crippen molar-refractivity contribution in [3.63, 3.8) is 0 Å². The van der Waals surface area contributed by atoms with Crippen LogP contribution in [0.3, 0.4) is 0 Å². The van der Waals surface area contributed by atoms with Gasteiger partial charge in [0, 0.05) is 13.2 Å². The van der Waals surface area contributed by atoms with Crippen molar-refractivity contribution in [3.8, 4) is 0 Å². The maximum Gasteiger partial charge on any atom is 0.277 e. The van der Waals surface area contributed by atoms with E-state index in [4.69, 9.17) is 5.11 Å². The molecule has 0 saturated carbocycles. The lowest BCUT2D eigenvalue weighted by atomic mass is 10.2. The monoisotopic (exact) mass is 244 g/mol. The van der Waals surface area contributed by atoms with Gasteiger partial charge in [0.1, 0.15) is 11.5 Å². The fourth-order valence-electron chi connectivity index (χ4n) is 1.86. The van der Waals surface area contributed by atoms with Gasteiger partial charge in [-0.1, -0.05) is 30.3 Å². The minimum atomic E-state index is -0.0928. The summed E-state index contributed by atoms with van der Waals surface area (Å²) in [7, 11) is 0. The first-order valence-electron chi connectivity index (χ1n) is 5.97. The quantitative estimate of drug-likeness (QED) is 0.819. The largest absolute Gasteiger partial charge is 0.396 e. The highest BCUT2D eigenvalue weighted by Gasteiger charge is 2.26. The lowest BCUT2D eigenvalue weighted by molar-refractivity contribution is -0.122. The normalized spacial score (nSPS) is 17.4. The molecule has 0 saturated heterocycles. The van der Waals surface area contributed by atoms with Gasteiger partial charge in [0.2, 0.25) is 0 Å². The second-order valence-electron chi connectivity index (χ2n) is 4.13. The molecule has 1 aromatic rings. The van der Waals surface area contributed by atoms with E-state index in [1.807, 2.05) is 30.3 Å². The van der Waals surface area contributed by atoms with Gasteiger partial charge in [-0.05, 0) is 25.0 Å². The Labute approximate surface area is 106 Å². The number of amides is 1. The number of hydrogen-bond acceptors (Lipinski definition) is 3. The van der Waals surface area contributed by atoms with Crippen LogP contribution in [0.25, 0.3) is 6.08 Å². The highest BCUT2D eigenvalue weighted by atomic mass is 16.3. The molecular weight excluding hydrogens is 228 g/mol. The zero-order valence-electron chi connectivity index (χ0n) is 10.3. The molecular formula is C14H16N2O2. The molecule has 0 radical (unpaired) electrons. The third-order valence-corrected chi connectivity index (χ3v) is 2.78. The van der Waals surface area contributed by atoms with Gasteiger partial charge in [-0.3, -0.25) is 9.69 Å². The van der Waals surface area contributed by atoms with Crippen LogP contribution in [0.4, 0.5) is 0 Å². The number of carbonyl (C=O) groups is 1. The first-order chi connectivity index (χ1) is 8.72. The molecule has 0 atom stereocenters. The summed E-state index contributed by atoms with van der Waals surface area (Å²) in [5, 5.41) is 8.81. The van der Waals surface area contributed by atoms with Gasteiger partial charge in [-0.2, -0.15) is 0 Å². The molecule has 94 valence electrons. The van der Waals surface area contributed by atoms with Crippen molar-refractivity contribution >= 4 is 17.8 Å². The van der Waals surface area contributed by atoms with Gasteiger partial charge < -0.3 is 5.11 Å². The number of hydrogen-bond donors (Lipinski definition) is 1. The molecule has 2 rings (SSSR count). The first-order valence-corrected chi connectivity index (χ1v) is 5.97. The van der Waals surface area contributed by atoms with E-state index in [2.05, 4.69) is 4.99 Å². The molecule has 0 fully saturated rings. The fourth-order valence-corrected chi connectivity index (χ4v) is 1.86. The molecule has 1 heterocycles. The number of benzene rings is 1. The Hall–Kier alpha value is -1.94. The molecule has 0 aliphatic carbocycles. The average molecular weight is 244 g/mol. The Bertz CT molecular complexity index is 492. The molecule has 1 aliphatic heterocycles.